The van der Waals surface area contributed by atoms with Crippen molar-refractivity contribution in [3.05, 3.63) is 70.6 Å². The first-order valence-electron chi connectivity index (χ1n) is 9.19. The Labute approximate surface area is 159 Å². The molecule has 1 heterocycles. The molecule has 6 heteroatoms. The van der Waals surface area contributed by atoms with Crippen LogP contribution in [0.2, 0.25) is 0 Å². The maximum absolute atomic E-state index is 12.4. The summed E-state index contributed by atoms with van der Waals surface area (Å²) in [6, 6.07) is 17.8. The second-order valence-corrected chi connectivity index (χ2v) is 6.84. The molecule has 3 aromatic rings. The molecular weight excluding hydrogens is 340 g/mol. The van der Waals surface area contributed by atoms with Gasteiger partial charge in [0.05, 0.1) is 11.0 Å². The van der Waals surface area contributed by atoms with Crippen molar-refractivity contribution in [2.45, 2.75) is 19.5 Å². The van der Waals surface area contributed by atoms with Gasteiger partial charge in [0.1, 0.15) is 6.54 Å². The summed E-state index contributed by atoms with van der Waals surface area (Å²) < 4.78 is 3.09. The molecule has 0 fully saturated rings. The zero-order valence-corrected chi connectivity index (χ0v) is 15.9. The van der Waals surface area contributed by atoms with Gasteiger partial charge in [0.25, 0.3) is 0 Å². The minimum Gasteiger partial charge on any atom is -0.354 e. The van der Waals surface area contributed by atoms with Gasteiger partial charge in [-0.1, -0.05) is 42.5 Å². The zero-order valence-electron chi connectivity index (χ0n) is 15.9. The first-order chi connectivity index (χ1) is 13.1. The Kier molecular flexibility index (Phi) is 6.08. The SMILES string of the molecule is CN(CCCNC(=O)Cn1c(=O)n(C)c2ccccc21)Cc1ccccc1. The van der Waals surface area contributed by atoms with Crippen LogP contribution in [0.5, 0.6) is 0 Å². The van der Waals surface area contributed by atoms with Crippen molar-refractivity contribution in [3.63, 3.8) is 0 Å². The van der Waals surface area contributed by atoms with Gasteiger partial charge in [-0.15, -0.1) is 0 Å². The van der Waals surface area contributed by atoms with Crippen LogP contribution < -0.4 is 11.0 Å². The third-order valence-electron chi connectivity index (χ3n) is 4.69. The minimum atomic E-state index is -0.172. The van der Waals surface area contributed by atoms with E-state index in [2.05, 4.69) is 29.4 Å². The Balaban J connectivity index is 1.47. The number of aromatic nitrogens is 2. The number of carbonyl (C=O) groups excluding carboxylic acids is 1. The van der Waals surface area contributed by atoms with E-state index in [9.17, 15) is 9.59 Å². The number of aryl methyl sites for hydroxylation is 1. The van der Waals surface area contributed by atoms with Crippen LogP contribution in [0.4, 0.5) is 0 Å². The average molecular weight is 366 g/mol. The molecule has 0 bridgehead atoms. The monoisotopic (exact) mass is 366 g/mol. The number of imidazole rings is 1. The molecule has 1 aromatic heterocycles. The third-order valence-corrected chi connectivity index (χ3v) is 4.69. The number of rotatable bonds is 8. The summed E-state index contributed by atoms with van der Waals surface area (Å²) in [7, 11) is 3.80. The number of hydrogen-bond acceptors (Lipinski definition) is 3. The van der Waals surface area contributed by atoms with E-state index < -0.39 is 0 Å². The van der Waals surface area contributed by atoms with Gasteiger partial charge >= 0.3 is 5.69 Å². The number of benzene rings is 2. The summed E-state index contributed by atoms with van der Waals surface area (Å²) >= 11 is 0. The molecule has 0 spiro atoms. The molecule has 0 radical (unpaired) electrons. The number of amides is 1. The Morgan fingerprint density at radius 2 is 1.70 bits per heavy atom. The van der Waals surface area contributed by atoms with E-state index in [-0.39, 0.29) is 18.1 Å². The lowest BCUT2D eigenvalue weighted by atomic mass is 10.2. The highest BCUT2D eigenvalue weighted by Crippen LogP contribution is 2.11. The zero-order chi connectivity index (χ0) is 19.2. The maximum Gasteiger partial charge on any atom is 0.329 e. The highest BCUT2D eigenvalue weighted by molar-refractivity contribution is 5.80. The average Bonchev–Trinajstić information content (AvgIpc) is 2.91. The van der Waals surface area contributed by atoms with Gasteiger partial charge in [-0.05, 0) is 37.7 Å². The van der Waals surface area contributed by atoms with E-state index in [4.69, 9.17) is 0 Å². The van der Waals surface area contributed by atoms with Crippen LogP contribution in [0.15, 0.2) is 59.4 Å². The first-order valence-corrected chi connectivity index (χ1v) is 9.19. The molecule has 2 aromatic carbocycles. The number of carbonyl (C=O) groups is 1. The van der Waals surface area contributed by atoms with Gasteiger partial charge in [-0.2, -0.15) is 0 Å². The lowest BCUT2D eigenvalue weighted by Gasteiger charge is -2.16. The van der Waals surface area contributed by atoms with Crippen molar-refractivity contribution in [2.24, 2.45) is 7.05 Å². The predicted molar refractivity (Wildman–Crippen MR) is 108 cm³/mol. The Bertz CT molecular complexity index is 959. The van der Waals surface area contributed by atoms with Gasteiger partial charge < -0.3 is 10.2 Å². The fourth-order valence-electron chi connectivity index (χ4n) is 3.27. The molecule has 27 heavy (non-hydrogen) atoms. The van der Waals surface area contributed by atoms with Crippen LogP contribution in [0.3, 0.4) is 0 Å². The summed E-state index contributed by atoms with van der Waals surface area (Å²) in [5, 5.41) is 2.92. The molecule has 0 saturated heterocycles. The number of fused-ring (bicyclic) bond motifs is 1. The van der Waals surface area contributed by atoms with Crippen LogP contribution in [-0.2, 0) is 24.9 Å². The molecule has 1 N–H and O–H groups in total. The molecule has 0 aliphatic rings. The maximum atomic E-state index is 12.4. The summed E-state index contributed by atoms with van der Waals surface area (Å²) in [5.74, 6) is -0.140. The predicted octanol–water partition coefficient (Wildman–Crippen LogP) is 1.98. The van der Waals surface area contributed by atoms with E-state index in [1.54, 1.807) is 11.6 Å². The first kappa shape index (κ1) is 18.9. The van der Waals surface area contributed by atoms with Crippen molar-refractivity contribution < 1.29 is 4.79 Å². The largest absolute Gasteiger partial charge is 0.354 e. The van der Waals surface area contributed by atoms with Crippen molar-refractivity contribution in [3.8, 4) is 0 Å². The summed E-state index contributed by atoms with van der Waals surface area (Å²) in [6.45, 7) is 2.42. The minimum absolute atomic E-state index is 0.0417. The van der Waals surface area contributed by atoms with Crippen LogP contribution in [0.1, 0.15) is 12.0 Å². The Morgan fingerprint density at radius 1 is 1.04 bits per heavy atom. The van der Waals surface area contributed by atoms with E-state index in [1.165, 1.54) is 10.1 Å². The number of nitrogens with one attached hydrogen (secondary N) is 1. The molecule has 0 aliphatic carbocycles. The highest BCUT2D eigenvalue weighted by Gasteiger charge is 2.12. The summed E-state index contributed by atoms with van der Waals surface area (Å²) in [4.78, 5) is 26.8. The van der Waals surface area contributed by atoms with Crippen LogP contribution in [0, 0.1) is 0 Å². The molecule has 0 saturated carbocycles. The Hall–Kier alpha value is -2.86. The van der Waals surface area contributed by atoms with Gasteiger partial charge in [-0.25, -0.2) is 4.79 Å². The van der Waals surface area contributed by atoms with Gasteiger partial charge in [0, 0.05) is 20.1 Å². The van der Waals surface area contributed by atoms with E-state index in [1.807, 2.05) is 42.5 Å². The molecule has 142 valence electrons. The molecular formula is C21H26N4O2. The quantitative estimate of drug-likeness (QED) is 0.620. The van der Waals surface area contributed by atoms with E-state index in [0.717, 1.165) is 30.5 Å². The lowest BCUT2D eigenvalue weighted by molar-refractivity contribution is -0.121. The highest BCUT2D eigenvalue weighted by atomic mass is 16.2. The standard InChI is InChI=1S/C21H26N4O2/c1-23(15-17-9-4-3-5-10-17)14-8-13-22-20(26)16-25-19-12-7-6-11-18(19)24(2)21(25)27/h3-7,9-12H,8,13-16H2,1-2H3,(H,22,26). The summed E-state index contributed by atoms with van der Waals surface area (Å²) in [5.41, 5.74) is 2.72. The number of hydrogen-bond donors (Lipinski definition) is 1. The second-order valence-electron chi connectivity index (χ2n) is 6.84. The van der Waals surface area contributed by atoms with Gasteiger partial charge in [0.15, 0.2) is 0 Å². The fourth-order valence-corrected chi connectivity index (χ4v) is 3.27. The normalized spacial score (nSPS) is 11.2. The lowest BCUT2D eigenvalue weighted by Crippen LogP contribution is -2.34. The molecule has 1 amide bonds. The van der Waals surface area contributed by atoms with Crippen molar-refractivity contribution in [1.29, 1.82) is 0 Å². The van der Waals surface area contributed by atoms with E-state index >= 15 is 0 Å². The van der Waals surface area contributed by atoms with Crippen LogP contribution >= 0.6 is 0 Å². The summed E-state index contributed by atoms with van der Waals surface area (Å²) in [6.07, 6.45) is 0.861. The van der Waals surface area contributed by atoms with Crippen molar-refractivity contribution >= 4 is 16.9 Å². The van der Waals surface area contributed by atoms with Gasteiger partial charge in [0.2, 0.25) is 5.91 Å². The second kappa shape index (κ2) is 8.68. The van der Waals surface area contributed by atoms with Crippen molar-refractivity contribution in [2.75, 3.05) is 20.1 Å². The fraction of sp³-hybridized carbons (Fsp3) is 0.333. The smallest absolute Gasteiger partial charge is 0.329 e. The van der Waals surface area contributed by atoms with Crippen molar-refractivity contribution in [1.82, 2.24) is 19.4 Å². The molecule has 6 nitrogen and oxygen atoms in total. The van der Waals surface area contributed by atoms with E-state index in [0.29, 0.717) is 6.54 Å². The number of para-hydroxylation sites is 2. The Morgan fingerprint density at radius 3 is 2.44 bits per heavy atom. The molecule has 0 aliphatic heterocycles. The molecule has 0 unspecified atom stereocenters. The topological polar surface area (TPSA) is 59.3 Å². The molecule has 0 atom stereocenters. The third kappa shape index (κ3) is 4.65. The van der Waals surface area contributed by atoms with Gasteiger partial charge in [-0.3, -0.25) is 13.9 Å². The number of nitrogens with zero attached hydrogens (tertiary/aromatic N) is 3. The van der Waals surface area contributed by atoms with Crippen LogP contribution in [-0.4, -0.2) is 40.1 Å². The van der Waals surface area contributed by atoms with Crippen LogP contribution in [0.25, 0.3) is 11.0 Å². The molecule has 3 rings (SSSR count).